The lowest BCUT2D eigenvalue weighted by atomic mass is 9.76. The van der Waals surface area contributed by atoms with Crippen LogP contribution in [-0.2, 0) is 4.74 Å². The molecule has 182 valence electrons. The van der Waals surface area contributed by atoms with Gasteiger partial charge in [-0.2, -0.15) is 0 Å². The second-order valence-electron chi connectivity index (χ2n) is 11.1. The normalized spacial score (nSPS) is 23.7. The molecule has 3 fully saturated rings. The van der Waals surface area contributed by atoms with Gasteiger partial charge in [-0.15, -0.1) is 0 Å². The van der Waals surface area contributed by atoms with Gasteiger partial charge in [-0.25, -0.2) is 4.79 Å². The monoisotopic (exact) mass is 458 g/mol. The molecule has 8 heteroatoms. The second kappa shape index (κ2) is 9.49. The third kappa shape index (κ3) is 5.96. The van der Waals surface area contributed by atoms with Gasteiger partial charge in [-0.05, 0) is 76.3 Å². The molecule has 1 aromatic carbocycles. The van der Waals surface area contributed by atoms with E-state index in [0.717, 1.165) is 70.3 Å². The van der Waals surface area contributed by atoms with Gasteiger partial charge < -0.3 is 14.5 Å². The van der Waals surface area contributed by atoms with Crippen LogP contribution in [-0.4, -0.2) is 72.2 Å². The van der Waals surface area contributed by atoms with Crippen molar-refractivity contribution in [1.82, 2.24) is 9.80 Å². The molecular weight excluding hydrogens is 420 g/mol. The van der Waals surface area contributed by atoms with Gasteiger partial charge in [0.2, 0.25) is 0 Å². The number of benzene rings is 1. The van der Waals surface area contributed by atoms with E-state index < -0.39 is 5.60 Å². The average molecular weight is 459 g/mol. The van der Waals surface area contributed by atoms with Crippen molar-refractivity contribution in [3.8, 4) is 0 Å². The van der Waals surface area contributed by atoms with Crippen molar-refractivity contribution in [2.75, 3.05) is 50.7 Å². The average Bonchev–Trinajstić information content (AvgIpc) is 3.15. The molecule has 2 aliphatic heterocycles. The van der Waals surface area contributed by atoms with Crippen molar-refractivity contribution in [3.63, 3.8) is 0 Å². The first-order valence-electron chi connectivity index (χ1n) is 12.3. The van der Waals surface area contributed by atoms with E-state index in [4.69, 9.17) is 4.74 Å². The summed E-state index contributed by atoms with van der Waals surface area (Å²) in [5.74, 6) is 0.740. The molecule has 8 nitrogen and oxygen atoms in total. The summed E-state index contributed by atoms with van der Waals surface area (Å²) in [6, 6.07) is 6.90. The van der Waals surface area contributed by atoms with Crippen LogP contribution in [0.3, 0.4) is 0 Å². The Morgan fingerprint density at radius 3 is 2.27 bits per heavy atom. The molecular formula is C25H38N4O4. The van der Waals surface area contributed by atoms with E-state index in [2.05, 4.69) is 9.80 Å². The van der Waals surface area contributed by atoms with Gasteiger partial charge in [-0.1, -0.05) is 0 Å². The number of amides is 1. The van der Waals surface area contributed by atoms with Gasteiger partial charge in [0, 0.05) is 63.6 Å². The molecule has 1 amide bonds. The van der Waals surface area contributed by atoms with E-state index in [1.807, 2.05) is 37.8 Å². The number of piperazine rings is 1. The molecule has 1 unspecified atom stereocenters. The van der Waals surface area contributed by atoms with Crippen LogP contribution in [0.15, 0.2) is 24.3 Å². The first-order chi connectivity index (χ1) is 15.6. The number of likely N-dealkylation sites (tertiary alicyclic amines) is 1. The summed E-state index contributed by atoms with van der Waals surface area (Å²) < 4.78 is 5.55. The van der Waals surface area contributed by atoms with Gasteiger partial charge in [0.05, 0.1) is 4.92 Å². The SMILES string of the molecule is CC(C)(C)OC(=O)N1CCC2(CCC(CN3CCN(c4ccc([N+](=O)[O-])cc4)CC3)C2)CC1. The minimum Gasteiger partial charge on any atom is -0.444 e. The van der Waals surface area contributed by atoms with Crippen molar-refractivity contribution >= 4 is 17.5 Å². The Morgan fingerprint density at radius 1 is 1.06 bits per heavy atom. The van der Waals surface area contributed by atoms with E-state index in [9.17, 15) is 14.9 Å². The molecule has 2 saturated heterocycles. The third-order valence-electron chi connectivity index (χ3n) is 7.59. The molecule has 3 aliphatic rings. The van der Waals surface area contributed by atoms with Crippen molar-refractivity contribution < 1.29 is 14.5 Å². The summed E-state index contributed by atoms with van der Waals surface area (Å²) in [5.41, 5.74) is 1.18. The molecule has 1 saturated carbocycles. The zero-order chi connectivity index (χ0) is 23.6. The Kier molecular flexibility index (Phi) is 6.84. The van der Waals surface area contributed by atoms with E-state index in [1.165, 1.54) is 19.3 Å². The fraction of sp³-hybridized carbons (Fsp3) is 0.720. The number of hydrogen-bond donors (Lipinski definition) is 0. The van der Waals surface area contributed by atoms with Crippen molar-refractivity contribution in [2.24, 2.45) is 11.3 Å². The zero-order valence-electron chi connectivity index (χ0n) is 20.3. The number of non-ortho nitro benzene ring substituents is 1. The van der Waals surface area contributed by atoms with Crippen LogP contribution in [0.25, 0.3) is 0 Å². The summed E-state index contributed by atoms with van der Waals surface area (Å²) in [7, 11) is 0. The molecule has 0 N–H and O–H groups in total. The van der Waals surface area contributed by atoms with Gasteiger partial charge >= 0.3 is 6.09 Å². The van der Waals surface area contributed by atoms with Crippen LogP contribution >= 0.6 is 0 Å². The molecule has 0 aromatic heterocycles. The number of rotatable bonds is 4. The molecule has 1 aromatic rings. The van der Waals surface area contributed by atoms with Crippen molar-refractivity contribution in [3.05, 3.63) is 34.4 Å². The highest BCUT2D eigenvalue weighted by molar-refractivity contribution is 5.68. The first-order valence-corrected chi connectivity index (χ1v) is 12.3. The Hall–Kier alpha value is -2.35. The Labute approximate surface area is 197 Å². The predicted octanol–water partition coefficient (Wildman–Crippen LogP) is 4.53. The number of piperidine rings is 1. The topological polar surface area (TPSA) is 79.2 Å². The predicted molar refractivity (Wildman–Crippen MR) is 129 cm³/mol. The fourth-order valence-corrected chi connectivity index (χ4v) is 5.77. The zero-order valence-corrected chi connectivity index (χ0v) is 20.3. The summed E-state index contributed by atoms with van der Waals surface area (Å²) in [6.45, 7) is 12.5. The summed E-state index contributed by atoms with van der Waals surface area (Å²) >= 11 is 0. The number of ether oxygens (including phenoxy) is 1. The van der Waals surface area contributed by atoms with E-state index in [0.29, 0.717) is 5.41 Å². The molecule has 1 spiro atoms. The highest BCUT2D eigenvalue weighted by Gasteiger charge is 2.43. The van der Waals surface area contributed by atoms with Crippen LogP contribution in [0.5, 0.6) is 0 Å². The number of nitro groups is 1. The first kappa shape index (κ1) is 23.8. The lowest BCUT2D eigenvalue weighted by molar-refractivity contribution is -0.384. The van der Waals surface area contributed by atoms with Crippen LogP contribution in [0, 0.1) is 21.4 Å². The molecule has 33 heavy (non-hydrogen) atoms. The highest BCUT2D eigenvalue weighted by atomic mass is 16.6. The van der Waals surface area contributed by atoms with Crippen molar-refractivity contribution in [1.29, 1.82) is 0 Å². The fourth-order valence-electron chi connectivity index (χ4n) is 5.77. The lowest BCUT2D eigenvalue weighted by Gasteiger charge is -2.40. The van der Waals surface area contributed by atoms with Gasteiger partial charge in [0.15, 0.2) is 0 Å². The molecule has 0 radical (unpaired) electrons. The maximum Gasteiger partial charge on any atom is 0.410 e. The third-order valence-corrected chi connectivity index (χ3v) is 7.59. The summed E-state index contributed by atoms with van der Waals surface area (Å²) in [4.78, 5) is 29.7. The second-order valence-corrected chi connectivity index (χ2v) is 11.1. The van der Waals surface area contributed by atoms with E-state index in [-0.39, 0.29) is 16.7 Å². The quantitative estimate of drug-likeness (QED) is 0.487. The van der Waals surface area contributed by atoms with Crippen LogP contribution in [0.1, 0.15) is 52.9 Å². The lowest BCUT2D eigenvalue weighted by Crippen LogP contribution is -2.48. The minimum absolute atomic E-state index is 0.143. The number of hydrogen-bond acceptors (Lipinski definition) is 6. The molecule has 2 heterocycles. The summed E-state index contributed by atoms with van der Waals surface area (Å²) in [6.07, 6.45) is 5.86. The number of nitro benzene ring substituents is 1. The van der Waals surface area contributed by atoms with Crippen LogP contribution in [0.2, 0.25) is 0 Å². The van der Waals surface area contributed by atoms with Crippen LogP contribution < -0.4 is 4.90 Å². The van der Waals surface area contributed by atoms with E-state index in [1.54, 1.807) is 12.1 Å². The smallest absolute Gasteiger partial charge is 0.410 e. The number of carbonyl (C=O) groups is 1. The number of nitrogens with zero attached hydrogens (tertiary/aromatic N) is 4. The van der Waals surface area contributed by atoms with Crippen LogP contribution in [0.4, 0.5) is 16.2 Å². The standard InChI is InChI=1S/C25H38N4O4/c1-24(2,3)33-23(30)28-12-10-25(11-13-28)9-8-20(18-25)19-26-14-16-27(17-15-26)21-4-6-22(7-5-21)29(31)32/h4-7,20H,8-19H2,1-3H3. The largest absolute Gasteiger partial charge is 0.444 e. The summed E-state index contributed by atoms with van der Waals surface area (Å²) in [5, 5.41) is 10.9. The van der Waals surface area contributed by atoms with Gasteiger partial charge in [0.1, 0.15) is 5.60 Å². The highest BCUT2D eigenvalue weighted by Crippen LogP contribution is 2.49. The molecule has 1 aliphatic carbocycles. The maximum absolute atomic E-state index is 12.4. The molecule has 1 atom stereocenters. The van der Waals surface area contributed by atoms with Crippen molar-refractivity contribution in [2.45, 2.75) is 58.5 Å². The Balaban J connectivity index is 1.21. The minimum atomic E-state index is -0.437. The maximum atomic E-state index is 12.4. The van der Waals surface area contributed by atoms with Gasteiger partial charge in [0.25, 0.3) is 5.69 Å². The van der Waals surface area contributed by atoms with E-state index >= 15 is 0 Å². The molecule has 0 bridgehead atoms. The van der Waals surface area contributed by atoms with Gasteiger partial charge in [-0.3, -0.25) is 15.0 Å². The number of anilines is 1. The Morgan fingerprint density at radius 2 is 1.70 bits per heavy atom. The molecule has 4 rings (SSSR count). The Bertz CT molecular complexity index is 835. The number of carbonyl (C=O) groups excluding carboxylic acids is 1.